The molecule has 1 atom stereocenters. The van der Waals surface area contributed by atoms with E-state index in [1.807, 2.05) is 5.32 Å². The van der Waals surface area contributed by atoms with Gasteiger partial charge in [-0.2, -0.15) is 0 Å². The minimum Gasteiger partial charge on any atom is -0.474 e. The van der Waals surface area contributed by atoms with Crippen LogP contribution >= 0.6 is 0 Å². The maximum atomic E-state index is 10.7. The van der Waals surface area contributed by atoms with Crippen LogP contribution in [0.1, 0.15) is 6.92 Å². The average Bonchev–Trinajstić information content (AvgIpc) is 1.81. The molecule has 1 amide bonds. The summed E-state index contributed by atoms with van der Waals surface area (Å²) >= 11 is 0. The smallest absolute Gasteiger partial charge is 0.394 e. The maximum absolute atomic E-state index is 10.7. The normalized spacial score (nSPS) is 13.4. The van der Waals surface area contributed by atoms with E-state index in [1.54, 1.807) is 0 Å². The van der Waals surface area contributed by atoms with Crippen LogP contribution in [0.3, 0.4) is 0 Å². The van der Waals surface area contributed by atoms with Gasteiger partial charge in [0.1, 0.15) is 9.84 Å². The molecule has 0 aliphatic heterocycles. The summed E-state index contributed by atoms with van der Waals surface area (Å²) in [4.78, 5) is 20.6. The lowest BCUT2D eigenvalue weighted by Crippen LogP contribution is -2.40. The Morgan fingerprint density at radius 1 is 1.46 bits per heavy atom. The van der Waals surface area contributed by atoms with Crippen LogP contribution in [0, 0.1) is 0 Å². The van der Waals surface area contributed by atoms with E-state index in [2.05, 4.69) is 0 Å². The molecule has 7 heteroatoms. The highest BCUT2D eigenvalue weighted by molar-refractivity contribution is 7.90. The number of nitrogens with one attached hydrogen (secondary N) is 1. The fourth-order valence-electron chi connectivity index (χ4n) is 0.781. The molecule has 13 heavy (non-hydrogen) atoms. The van der Waals surface area contributed by atoms with Crippen molar-refractivity contribution < 1.29 is 23.1 Å². The van der Waals surface area contributed by atoms with E-state index in [0.717, 1.165) is 6.26 Å². The van der Waals surface area contributed by atoms with Gasteiger partial charge in [0.2, 0.25) is 0 Å². The van der Waals surface area contributed by atoms with Gasteiger partial charge in [0.15, 0.2) is 0 Å². The van der Waals surface area contributed by atoms with Gasteiger partial charge < -0.3 is 10.4 Å². The van der Waals surface area contributed by atoms with Gasteiger partial charge in [0.25, 0.3) is 0 Å². The van der Waals surface area contributed by atoms with Crippen molar-refractivity contribution in [3.05, 3.63) is 0 Å². The molecule has 0 aliphatic rings. The molecular weight excluding hydrogens is 198 g/mol. The summed E-state index contributed by atoms with van der Waals surface area (Å²) in [5.41, 5.74) is 0. The molecule has 0 radical (unpaired) electrons. The first-order chi connectivity index (χ1) is 5.72. The number of carbonyl (C=O) groups is 2. The van der Waals surface area contributed by atoms with Gasteiger partial charge >= 0.3 is 11.9 Å². The van der Waals surface area contributed by atoms with Gasteiger partial charge in [-0.05, 0) is 6.92 Å². The van der Waals surface area contributed by atoms with Crippen molar-refractivity contribution in [2.45, 2.75) is 13.0 Å². The van der Waals surface area contributed by atoms with Crippen LogP contribution in [-0.4, -0.2) is 43.5 Å². The van der Waals surface area contributed by atoms with Gasteiger partial charge in [-0.25, -0.2) is 13.2 Å². The monoisotopic (exact) mass is 209 g/mol. The van der Waals surface area contributed by atoms with E-state index in [4.69, 9.17) is 5.11 Å². The molecule has 2 N–H and O–H groups in total. The highest BCUT2D eigenvalue weighted by atomic mass is 32.2. The standard InChI is InChI=1S/C6H11NO5S/c1-4(3-13(2,11)12)7-5(8)6(9)10/h4H,3H2,1-2H3,(H,7,8)(H,9,10). The fourth-order valence-corrected chi connectivity index (χ4v) is 1.77. The molecule has 0 heterocycles. The minimum atomic E-state index is -3.20. The zero-order valence-corrected chi connectivity index (χ0v) is 8.09. The molecule has 0 aliphatic carbocycles. The Bertz CT molecular complexity index is 307. The second-order valence-electron chi connectivity index (χ2n) is 2.77. The summed E-state index contributed by atoms with van der Waals surface area (Å²) < 4.78 is 21.4. The third-order valence-electron chi connectivity index (χ3n) is 1.12. The molecule has 0 aromatic carbocycles. The average molecular weight is 209 g/mol. The second kappa shape index (κ2) is 4.22. The van der Waals surface area contributed by atoms with Crippen LogP contribution in [0.2, 0.25) is 0 Å². The van der Waals surface area contributed by atoms with Crippen LogP contribution in [0.5, 0.6) is 0 Å². The van der Waals surface area contributed by atoms with Gasteiger partial charge in [-0.1, -0.05) is 0 Å². The zero-order chi connectivity index (χ0) is 10.6. The minimum absolute atomic E-state index is 0.272. The molecule has 0 bridgehead atoms. The molecule has 0 spiro atoms. The van der Waals surface area contributed by atoms with Gasteiger partial charge in [-0.15, -0.1) is 0 Å². The highest BCUT2D eigenvalue weighted by Crippen LogP contribution is 1.89. The van der Waals surface area contributed by atoms with Crippen LogP contribution in [0.25, 0.3) is 0 Å². The number of amides is 1. The Hall–Kier alpha value is -1.11. The van der Waals surface area contributed by atoms with Crippen molar-refractivity contribution in [1.29, 1.82) is 0 Å². The summed E-state index contributed by atoms with van der Waals surface area (Å²) in [5.74, 6) is -3.09. The molecular formula is C6H11NO5S. The quantitative estimate of drug-likeness (QED) is 0.558. The first kappa shape index (κ1) is 11.9. The molecule has 0 aromatic heterocycles. The Labute approximate surface area is 75.9 Å². The number of carbonyl (C=O) groups excluding carboxylic acids is 1. The Balaban J connectivity index is 4.10. The first-order valence-electron chi connectivity index (χ1n) is 3.44. The van der Waals surface area contributed by atoms with E-state index in [-0.39, 0.29) is 5.75 Å². The molecule has 0 fully saturated rings. The lowest BCUT2D eigenvalue weighted by Gasteiger charge is -2.09. The molecule has 0 aromatic rings. The molecule has 76 valence electrons. The van der Waals surface area contributed by atoms with Crippen LogP contribution in [0.4, 0.5) is 0 Å². The SMILES string of the molecule is CC(CS(C)(=O)=O)NC(=O)C(=O)O. The number of carboxylic acid groups (broad SMARTS) is 1. The van der Waals surface area contributed by atoms with Crippen LogP contribution < -0.4 is 5.32 Å². The van der Waals surface area contributed by atoms with Gasteiger partial charge in [-0.3, -0.25) is 4.79 Å². The van der Waals surface area contributed by atoms with E-state index in [9.17, 15) is 18.0 Å². The van der Waals surface area contributed by atoms with Crippen molar-refractivity contribution >= 4 is 21.7 Å². The number of hydrogen-bond donors (Lipinski definition) is 2. The number of aliphatic carboxylic acids is 1. The van der Waals surface area contributed by atoms with Gasteiger partial charge in [0.05, 0.1) is 5.75 Å². The van der Waals surface area contributed by atoms with E-state index in [0.29, 0.717) is 0 Å². The van der Waals surface area contributed by atoms with E-state index >= 15 is 0 Å². The van der Waals surface area contributed by atoms with E-state index < -0.39 is 27.8 Å². The Morgan fingerprint density at radius 3 is 2.23 bits per heavy atom. The van der Waals surface area contributed by atoms with Gasteiger partial charge in [0, 0.05) is 12.3 Å². The van der Waals surface area contributed by atoms with Crippen molar-refractivity contribution in [1.82, 2.24) is 5.32 Å². The number of carboxylic acids is 1. The van der Waals surface area contributed by atoms with Crippen molar-refractivity contribution in [3.63, 3.8) is 0 Å². The predicted molar refractivity (Wildman–Crippen MR) is 45.0 cm³/mol. The first-order valence-corrected chi connectivity index (χ1v) is 5.50. The molecule has 0 saturated heterocycles. The molecule has 1 unspecified atom stereocenters. The second-order valence-corrected chi connectivity index (χ2v) is 4.96. The lowest BCUT2D eigenvalue weighted by atomic mass is 10.4. The topological polar surface area (TPSA) is 101 Å². The van der Waals surface area contributed by atoms with Crippen molar-refractivity contribution in [2.24, 2.45) is 0 Å². The van der Waals surface area contributed by atoms with E-state index in [1.165, 1.54) is 6.92 Å². The zero-order valence-electron chi connectivity index (χ0n) is 7.27. The fraction of sp³-hybridized carbons (Fsp3) is 0.667. The summed E-state index contributed by atoms with van der Waals surface area (Å²) in [6.45, 7) is 1.42. The Kier molecular flexibility index (Phi) is 3.86. The summed E-state index contributed by atoms with van der Waals surface area (Å²) in [5, 5.41) is 10.2. The number of hydrogen-bond acceptors (Lipinski definition) is 4. The maximum Gasteiger partial charge on any atom is 0.394 e. The summed E-state index contributed by atoms with van der Waals surface area (Å²) in [6.07, 6.45) is 1.01. The van der Waals surface area contributed by atoms with Crippen LogP contribution in [0.15, 0.2) is 0 Å². The Morgan fingerprint density at radius 2 is 1.92 bits per heavy atom. The van der Waals surface area contributed by atoms with Crippen molar-refractivity contribution in [3.8, 4) is 0 Å². The number of rotatable bonds is 3. The molecule has 6 nitrogen and oxygen atoms in total. The lowest BCUT2D eigenvalue weighted by molar-refractivity contribution is -0.150. The third-order valence-corrected chi connectivity index (χ3v) is 2.23. The molecule has 0 rings (SSSR count). The van der Waals surface area contributed by atoms with Crippen LogP contribution in [-0.2, 0) is 19.4 Å². The number of sulfone groups is 1. The predicted octanol–water partition coefficient (Wildman–Crippen LogP) is -1.38. The molecule has 0 saturated carbocycles. The highest BCUT2D eigenvalue weighted by Gasteiger charge is 2.17. The largest absolute Gasteiger partial charge is 0.474 e. The summed E-state index contributed by atoms with van der Waals surface area (Å²) in [6, 6.07) is -0.696. The van der Waals surface area contributed by atoms with Crippen molar-refractivity contribution in [2.75, 3.05) is 12.0 Å². The third kappa shape index (κ3) is 6.09. The summed E-state index contributed by atoms with van der Waals surface area (Å²) in [7, 11) is -3.20.